The first kappa shape index (κ1) is 17.6. The third-order valence-electron chi connectivity index (χ3n) is 3.73. The number of aromatic nitrogens is 1. The highest BCUT2D eigenvalue weighted by atomic mass is 35.5. The lowest BCUT2D eigenvalue weighted by Gasteiger charge is -2.32. The second-order valence-corrected chi connectivity index (χ2v) is 6.30. The molecule has 0 bridgehead atoms. The van der Waals surface area contributed by atoms with Gasteiger partial charge in [-0.05, 0) is 45.2 Å². The van der Waals surface area contributed by atoms with Crippen molar-refractivity contribution in [1.29, 1.82) is 0 Å². The van der Waals surface area contributed by atoms with E-state index in [4.69, 9.17) is 20.9 Å². The van der Waals surface area contributed by atoms with E-state index in [2.05, 4.69) is 10.5 Å². The number of aryl methyl sites for hydroxylation is 1. The number of likely N-dealkylation sites (tertiary alicyclic amines) is 1. The molecule has 0 atom stereocenters. The molecule has 0 spiro atoms. The van der Waals surface area contributed by atoms with Gasteiger partial charge in [0.1, 0.15) is 0 Å². The van der Waals surface area contributed by atoms with Gasteiger partial charge >= 0.3 is 6.09 Å². The first-order valence-corrected chi connectivity index (χ1v) is 8.10. The number of carbonyl (C=O) groups excluding carboxylic acids is 2. The number of nitrogens with one attached hydrogen (secondary N) is 1. The van der Waals surface area contributed by atoms with E-state index in [-0.39, 0.29) is 35.8 Å². The largest absolute Gasteiger partial charge is 0.447 e. The van der Waals surface area contributed by atoms with E-state index < -0.39 is 0 Å². The second kappa shape index (κ2) is 7.68. The van der Waals surface area contributed by atoms with Crippen LogP contribution in [0.25, 0.3) is 0 Å². The minimum absolute atomic E-state index is 0.0459. The number of carbonyl (C=O) groups is 2. The Balaban J connectivity index is 1.78. The molecule has 128 valence electrons. The number of piperidine rings is 1. The molecule has 8 heteroatoms. The molecule has 1 aromatic heterocycles. The molecule has 0 unspecified atom stereocenters. The lowest BCUT2D eigenvalue weighted by Crippen LogP contribution is -2.47. The van der Waals surface area contributed by atoms with Gasteiger partial charge in [0.2, 0.25) is 11.1 Å². The summed E-state index contributed by atoms with van der Waals surface area (Å²) in [7, 11) is 0. The minimum Gasteiger partial charge on any atom is -0.447 e. The summed E-state index contributed by atoms with van der Waals surface area (Å²) in [6.45, 7) is 6.54. The van der Waals surface area contributed by atoms with E-state index in [1.807, 2.05) is 13.8 Å². The van der Waals surface area contributed by atoms with Crippen LogP contribution in [0.2, 0.25) is 5.22 Å². The molecular formula is C15H22ClN3O4. The van der Waals surface area contributed by atoms with Gasteiger partial charge in [-0.3, -0.25) is 4.79 Å². The number of nitrogens with zero attached hydrogens (tertiary/aromatic N) is 2. The standard InChI is InChI=1S/C15H22ClN3O4/c1-9(2)22-15(21)19-6-4-11(5-7-19)17-13(20)8-12-10(3)18-23-14(12)16/h9,11H,4-8H2,1-3H3,(H,17,20). The van der Waals surface area contributed by atoms with Crippen molar-refractivity contribution in [2.45, 2.75) is 52.2 Å². The van der Waals surface area contributed by atoms with Gasteiger partial charge in [-0.25, -0.2) is 4.79 Å². The molecule has 7 nitrogen and oxygen atoms in total. The van der Waals surface area contributed by atoms with Crippen LogP contribution in [0.15, 0.2) is 4.52 Å². The molecule has 1 aromatic rings. The molecule has 0 saturated carbocycles. The lowest BCUT2D eigenvalue weighted by molar-refractivity contribution is -0.121. The zero-order chi connectivity index (χ0) is 17.0. The fourth-order valence-electron chi connectivity index (χ4n) is 2.48. The highest BCUT2D eigenvalue weighted by molar-refractivity contribution is 6.29. The molecule has 1 aliphatic rings. The Morgan fingerprint density at radius 1 is 1.43 bits per heavy atom. The quantitative estimate of drug-likeness (QED) is 0.906. The van der Waals surface area contributed by atoms with Crippen molar-refractivity contribution in [2.24, 2.45) is 0 Å². The summed E-state index contributed by atoms with van der Waals surface area (Å²) in [5, 5.41) is 6.85. The van der Waals surface area contributed by atoms with E-state index in [1.165, 1.54) is 0 Å². The van der Waals surface area contributed by atoms with Crippen molar-refractivity contribution >= 4 is 23.6 Å². The number of hydrogen-bond acceptors (Lipinski definition) is 5. The van der Waals surface area contributed by atoms with Gasteiger partial charge in [0.05, 0.1) is 18.2 Å². The molecule has 23 heavy (non-hydrogen) atoms. The van der Waals surface area contributed by atoms with Crippen LogP contribution in [0.3, 0.4) is 0 Å². The summed E-state index contributed by atoms with van der Waals surface area (Å²) < 4.78 is 10.0. The van der Waals surface area contributed by atoms with Gasteiger partial charge in [-0.15, -0.1) is 0 Å². The fraction of sp³-hybridized carbons (Fsp3) is 0.667. The third kappa shape index (κ3) is 4.86. The molecule has 2 heterocycles. The maximum absolute atomic E-state index is 12.1. The zero-order valence-corrected chi connectivity index (χ0v) is 14.4. The summed E-state index contributed by atoms with van der Waals surface area (Å²) >= 11 is 5.86. The van der Waals surface area contributed by atoms with Crippen molar-refractivity contribution in [3.8, 4) is 0 Å². The molecule has 1 aliphatic heterocycles. The molecule has 1 fully saturated rings. The predicted octanol–water partition coefficient (Wildman–Crippen LogP) is 2.30. The van der Waals surface area contributed by atoms with Gasteiger partial charge < -0.3 is 19.5 Å². The Hall–Kier alpha value is -1.76. The van der Waals surface area contributed by atoms with Crippen molar-refractivity contribution < 1.29 is 18.8 Å². The van der Waals surface area contributed by atoms with Crippen LogP contribution in [-0.2, 0) is 16.0 Å². The maximum Gasteiger partial charge on any atom is 0.410 e. The Labute approximate surface area is 140 Å². The number of hydrogen-bond donors (Lipinski definition) is 1. The monoisotopic (exact) mass is 343 g/mol. The summed E-state index contributed by atoms with van der Waals surface area (Å²) in [5.41, 5.74) is 1.23. The van der Waals surface area contributed by atoms with E-state index >= 15 is 0 Å². The first-order valence-electron chi connectivity index (χ1n) is 7.72. The van der Waals surface area contributed by atoms with Crippen LogP contribution in [0.5, 0.6) is 0 Å². The van der Waals surface area contributed by atoms with Gasteiger partial charge in [0.25, 0.3) is 0 Å². The van der Waals surface area contributed by atoms with Crippen LogP contribution < -0.4 is 5.32 Å². The summed E-state index contributed by atoms with van der Waals surface area (Å²) in [5.74, 6) is -0.124. The molecule has 2 rings (SSSR count). The van der Waals surface area contributed by atoms with E-state index in [9.17, 15) is 9.59 Å². The zero-order valence-electron chi connectivity index (χ0n) is 13.6. The molecular weight excluding hydrogens is 322 g/mol. The second-order valence-electron chi connectivity index (χ2n) is 5.96. The van der Waals surface area contributed by atoms with Gasteiger partial charge in [0, 0.05) is 24.7 Å². The summed E-state index contributed by atoms with van der Waals surface area (Å²) in [6, 6.07) is 0.0459. The Bertz CT molecular complexity index is 546. The number of amides is 2. The number of ether oxygens (including phenoxy) is 1. The van der Waals surface area contributed by atoms with E-state index in [0.717, 1.165) is 0 Å². The molecule has 2 amide bonds. The van der Waals surface area contributed by atoms with Crippen LogP contribution in [0.4, 0.5) is 4.79 Å². The van der Waals surface area contributed by atoms with Crippen LogP contribution >= 0.6 is 11.6 Å². The Kier molecular flexibility index (Phi) is 5.87. The van der Waals surface area contributed by atoms with E-state index in [1.54, 1.807) is 11.8 Å². The third-order valence-corrected chi connectivity index (χ3v) is 4.03. The molecule has 0 aromatic carbocycles. The Morgan fingerprint density at radius 2 is 2.09 bits per heavy atom. The van der Waals surface area contributed by atoms with Crippen molar-refractivity contribution in [1.82, 2.24) is 15.4 Å². The molecule has 1 saturated heterocycles. The molecule has 0 radical (unpaired) electrons. The topological polar surface area (TPSA) is 84.7 Å². The van der Waals surface area contributed by atoms with Gasteiger partial charge in [-0.1, -0.05) is 5.16 Å². The van der Waals surface area contributed by atoms with Gasteiger partial charge in [0.15, 0.2) is 0 Å². The summed E-state index contributed by atoms with van der Waals surface area (Å²) in [4.78, 5) is 25.6. The van der Waals surface area contributed by atoms with Crippen molar-refractivity contribution in [2.75, 3.05) is 13.1 Å². The normalized spacial score (nSPS) is 15.8. The number of rotatable bonds is 4. The van der Waals surface area contributed by atoms with Crippen molar-refractivity contribution in [3.05, 3.63) is 16.5 Å². The smallest absolute Gasteiger partial charge is 0.410 e. The first-order chi connectivity index (χ1) is 10.9. The number of halogens is 1. The van der Waals surface area contributed by atoms with Crippen LogP contribution in [0.1, 0.15) is 37.9 Å². The SMILES string of the molecule is Cc1noc(Cl)c1CC(=O)NC1CCN(C(=O)OC(C)C)CC1. The predicted molar refractivity (Wildman–Crippen MR) is 84.3 cm³/mol. The average molecular weight is 344 g/mol. The van der Waals surface area contributed by atoms with Crippen LogP contribution in [0, 0.1) is 6.92 Å². The minimum atomic E-state index is -0.295. The highest BCUT2D eigenvalue weighted by Gasteiger charge is 2.25. The van der Waals surface area contributed by atoms with Gasteiger partial charge in [-0.2, -0.15) is 0 Å². The molecule has 0 aliphatic carbocycles. The molecule has 1 N–H and O–H groups in total. The van der Waals surface area contributed by atoms with E-state index in [0.29, 0.717) is 37.2 Å². The highest BCUT2D eigenvalue weighted by Crippen LogP contribution is 2.20. The maximum atomic E-state index is 12.1. The fourth-order valence-corrected chi connectivity index (χ4v) is 2.72. The average Bonchev–Trinajstić information content (AvgIpc) is 2.79. The van der Waals surface area contributed by atoms with Crippen LogP contribution in [-0.4, -0.2) is 47.3 Å². The lowest BCUT2D eigenvalue weighted by atomic mass is 10.0. The summed E-state index contributed by atoms with van der Waals surface area (Å²) in [6.07, 6.45) is 1.13. The van der Waals surface area contributed by atoms with Crippen molar-refractivity contribution in [3.63, 3.8) is 0 Å². The Morgan fingerprint density at radius 3 is 2.61 bits per heavy atom.